The third-order valence-corrected chi connectivity index (χ3v) is 5.32. The molecule has 0 aliphatic heterocycles. The first-order chi connectivity index (χ1) is 12.6. The molecule has 2 aromatic carbocycles. The van der Waals surface area contributed by atoms with E-state index in [1.54, 1.807) is 25.1 Å². The molecular formula is C18H19ClN2O5S. The van der Waals surface area contributed by atoms with Crippen molar-refractivity contribution in [3.63, 3.8) is 0 Å². The highest BCUT2D eigenvalue weighted by atomic mass is 35.5. The first-order valence-corrected chi connectivity index (χ1v) is 10.1. The number of esters is 1. The van der Waals surface area contributed by atoms with Crippen LogP contribution in [0, 0.1) is 6.92 Å². The van der Waals surface area contributed by atoms with Crippen LogP contribution in [0.5, 0.6) is 0 Å². The lowest BCUT2D eigenvalue weighted by Crippen LogP contribution is -2.37. The summed E-state index contributed by atoms with van der Waals surface area (Å²) in [5.41, 5.74) is 1.65. The molecule has 0 saturated carbocycles. The van der Waals surface area contributed by atoms with Gasteiger partial charge in [0.2, 0.25) is 15.9 Å². The molecule has 0 radical (unpaired) electrons. The van der Waals surface area contributed by atoms with E-state index in [1.165, 1.54) is 31.4 Å². The normalized spacial score (nSPS) is 11.0. The quantitative estimate of drug-likeness (QED) is 0.739. The lowest BCUT2D eigenvalue weighted by Gasteiger charge is -2.24. The Morgan fingerprint density at radius 2 is 1.78 bits per heavy atom. The van der Waals surface area contributed by atoms with E-state index in [9.17, 15) is 18.0 Å². The second kappa shape index (κ2) is 8.41. The van der Waals surface area contributed by atoms with E-state index < -0.39 is 28.4 Å². The summed E-state index contributed by atoms with van der Waals surface area (Å²) in [6.07, 6.45) is 1.02. The van der Waals surface area contributed by atoms with Crippen LogP contribution in [-0.2, 0) is 19.6 Å². The third-order valence-electron chi connectivity index (χ3n) is 3.79. The number of benzene rings is 2. The minimum atomic E-state index is -3.71. The van der Waals surface area contributed by atoms with Crippen LogP contribution < -0.4 is 9.62 Å². The summed E-state index contributed by atoms with van der Waals surface area (Å²) in [6, 6.07) is 10.9. The summed E-state index contributed by atoms with van der Waals surface area (Å²) in [6.45, 7) is 1.26. The van der Waals surface area contributed by atoms with Crippen molar-refractivity contribution in [1.82, 2.24) is 0 Å². The van der Waals surface area contributed by atoms with Crippen LogP contribution in [-0.4, -0.2) is 40.2 Å². The number of nitrogens with one attached hydrogen (secondary N) is 1. The van der Waals surface area contributed by atoms with Crippen LogP contribution in [0.1, 0.15) is 15.9 Å². The molecule has 144 valence electrons. The average Bonchev–Trinajstić information content (AvgIpc) is 2.61. The number of carbonyl (C=O) groups is 2. The summed E-state index contributed by atoms with van der Waals surface area (Å²) in [4.78, 5) is 23.8. The van der Waals surface area contributed by atoms with E-state index >= 15 is 0 Å². The number of rotatable bonds is 6. The summed E-state index contributed by atoms with van der Waals surface area (Å²) in [7, 11) is -2.44. The van der Waals surface area contributed by atoms with E-state index in [2.05, 4.69) is 10.1 Å². The van der Waals surface area contributed by atoms with Gasteiger partial charge in [-0.15, -0.1) is 0 Å². The summed E-state index contributed by atoms with van der Waals surface area (Å²) in [5, 5.41) is 3.01. The number of hydrogen-bond acceptors (Lipinski definition) is 5. The maximum atomic E-state index is 12.4. The SMILES string of the molecule is COC(=O)c1ccc(NC(=O)CN(c2cccc(Cl)c2C)S(C)(=O)=O)cc1. The Morgan fingerprint density at radius 1 is 1.15 bits per heavy atom. The summed E-state index contributed by atoms with van der Waals surface area (Å²) >= 11 is 6.07. The number of hydrogen-bond donors (Lipinski definition) is 1. The Balaban J connectivity index is 2.20. The van der Waals surface area contributed by atoms with Crippen LogP contribution in [0.3, 0.4) is 0 Å². The minimum absolute atomic E-state index is 0.334. The van der Waals surface area contributed by atoms with E-state index in [1.807, 2.05) is 0 Å². The largest absolute Gasteiger partial charge is 0.465 e. The Morgan fingerprint density at radius 3 is 2.33 bits per heavy atom. The van der Waals surface area contributed by atoms with Gasteiger partial charge < -0.3 is 10.1 Å². The van der Waals surface area contributed by atoms with Crippen molar-refractivity contribution in [2.75, 3.05) is 29.5 Å². The highest BCUT2D eigenvalue weighted by Gasteiger charge is 2.23. The maximum Gasteiger partial charge on any atom is 0.337 e. The van der Waals surface area contributed by atoms with Crippen LogP contribution >= 0.6 is 11.6 Å². The Bertz CT molecular complexity index is 958. The zero-order valence-electron chi connectivity index (χ0n) is 15.0. The first-order valence-electron chi connectivity index (χ1n) is 7.84. The van der Waals surface area contributed by atoms with Crippen molar-refractivity contribution in [3.8, 4) is 0 Å². The molecule has 0 spiro atoms. The van der Waals surface area contributed by atoms with Crippen molar-refractivity contribution in [3.05, 3.63) is 58.6 Å². The van der Waals surface area contributed by atoms with Gasteiger partial charge in [0.05, 0.1) is 24.6 Å². The zero-order valence-corrected chi connectivity index (χ0v) is 16.6. The topological polar surface area (TPSA) is 92.8 Å². The maximum absolute atomic E-state index is 12.4. The number of anilines is 2. The van der Waals surface area contributed by atoms with Crippen LogP contribution in [0.15, 0.2) is 42.5 Å². The fraction of sp³-hybridized carbons (Fsp3) is 0.222. The molecule has 0 heterocycles. The highest BCUT2D eigenvalue weighted by molar-refractivity contribution is 7.92. The number of sulfonamides is 1. The molecule has 2 rings (SSSR count). The molecule has 0 aromatic heterocycles. The fourth-order valence-corrected chi connectivity index (χ4v) is 3.46. The molecule has 0 fully saturated rings. The van der Waals surface area contributed by atoms with Gasteiger partial charge in [-0.05, 0) is 48.9 Å². The van der Waals surface area contributed by atoms with Gasteiger partial charge in [-0.1, -0.05) is 17.7 Å². The summed E-state index contributed by atoms with van der Waals surface area (Å²) < 4.78 is 30.0. The molecule has 1 N–H and O–H groups in total. The number of amides is 1. The first kappa shape index (κ1) is 20.7. The van der Waals surface area contributed by atoms with Crippen LogP contribution in [0.25, 0.3) is 0 Å². The van der Waals surface area contributed by atoms with Crippen molar-refractivity contribution in [2.45, 2.75) is 6.92 Å². The monoisotopic (exact) mass is 410 g/mol. The van der Waals surface area contributed by atoms with Gasteiger partial charge in [-0.3, -0.25) is 9.10 Å². The lowest BCUT2D eigenvalue weighted by molar-refractivity contribution is -0.114. The van der Waals surface area contributed by atoms with Gasteiger partial charge in [0.15, 0.2) is 0 Å². The fourth-order valence-electron chi connectivity index (χ4n) is 2.39. The predicted molar refractivity (Wildman–Crippen MR) is 105 cm³/mol. The highest BCUT2D eigenvalue weighted by Crippen LogP contribution is 2.28. The standard InChI is InChI=1S/C18H19ClN2O5S/c1-12-15(19)5-4-6-16(12)21(27(3,24)25)11-17(22)20-14-9-7-13(8-10-14)18(23)26-2/h4-10H,11H2,1-3H3,(H,20,22). The number of methoxy groups -OCH3 is 1. The van der Waals surface area contributed by atoms with Gasteiger partial charge in [0.25, 0.3) is 0 Å². The molecule has 0 saturated heterocycles. The van der Waals surface area contributed by atoms with Crippen molar-refractivity contribution >= 4 is 44.9 Å². The summed E-state index contributed by atoms with van der Waals surface area (Å²) in [5.74, 6) is -1.03. The van der Waals surface area contributed by atoms with E-state index in [4.69, 9.17) is 11.6 Å². The minimum Gasteiger partial charge on any atom is -0.465 e. The Labute approximate surface area is 162 Å². The molecular weight excluding hydrogens is 392 g/mol. The van der Waals surface area contributed by atoms with Crippen LogP contribution in [0.4, 0.5) is 11.4 Å². The van der Waals surface area contributed by atoms with E-state index in [0.717, 1.165) is 10.6 Å². The molecule has 0 bridgehead atoms. The molecule has 1 amide bonds. The van der Waals surface area contributed by atoms with Crippen molar-refractivity contribution in [2.24, 2.45) is 0 Å². The third kappa shape index (κ3) is 5.21. The molecule has 27 heavy (non-hydrogen) atoms. The smallest absolute Gasteiger partial charge is 0.337 e. The van der Waals surface area contributed by atoms with Crippen molar-refractivity contribution in [1.29, 1.82) is 0 Å². The number of ether oxygens (including phenoxy) is 1. The lowest BCUT2D eigenvalue weighted by atomic mass is 10.2. The molecule has 0 atom stereocenters. The molecule has 0 unspecified atom stereocenters. The van der Waals surface area contributed by atoms with Gasteiger partial charge in [0.1, 0.15) is 6.54 Å². The van der Waals surface area contributed by atoms with E-state index in [0.29, 0.717) is 27.5 Å². The molecule has 9 heteroatoms. The van der Waals surface area contributed by atoms with Gasteiger partial charge in [-0.25, -0.2) is 13.2 Å². The Kier molecular flexibility index (Phi) is 6.45. The molecule has 0 aliphatic carbocycles. The van der Waals surface area contributed by atoms with Gasteiger partial charge >= 0.3 is 5.97 Å². The molecule has 0 aliphatic rings. The Hall–Kier alpha value is -2.58. The number of nitrogens with zero attached hydrogens (tertiary/aromatic N) is 1. The van der Waals surface area contributed by atoms with Gasteiger partial charge in [0, 0.05) is 10.7 Å². The second-order valence-electron chi connectivity index (χ2n) is 5.77. The van der Waals surface area contributed by atoms with Crippen LogP contribution in [0.2, 0.25) is 5.02 Å². The van der Waals surface area contributed by atoms with E-state index in [-0.39, 0.29) is 0 Å². The average molecular weight is 411 g/mol. The second-order valence-corrected chi connectivity index (χ2v) is 8.08. The van der Waals surface area contributed by atoms with Gasteiger partial charge in [-0.2, -0.15) is 0 Å². The van der Waals surface area contributed by atoms with Crippen molar-refractivity contribution < 1.29 is 22.7 Å². The molecule has 7 nitrogen and oxygen atoms in total. The number of carbonyl (C=O) groups excluding carboxylic acids is 2. The number of halogens is 1. The zero-order chi connectivity index (χ0) is 20.2. The predicted octanol–water partition coefficient (Wildman–Crippen LogP) is 2.84. The molecule has 2 aromatic rings.